The quantitative estimate of drug-likeness (QED) is 0.762. The van der Waals surface area contributed by atoms with E-state index in [2.05, 4.69) is 25.1 Å². The number of ether oxygens (including phenoxy) is 3. The van der Waals surface area contributed by atoms with E-state index < -0.39 is 0 Å². The van der Waals surface area contributed by atoms with Crippen LogP contribution in [-0.2, 0) is 13.0 Å². The van der Waals surface area contributed by atoms with E-state index >= 15 is 0 Å². The lowest BCUT2D eigenvalue weighted by atomic mass is 10.0. The molecule has 8 heteroatoms. The number of nitrogens with zero attached hydrogens (tertiary/aromatic N) is 4. The van der Waals surface area contributed by atoms with Crippen molar-refractivity contribution in [2.24, 2.45) is 0 Å². The molecule has 138 valence electrons. The molecule has 8 nitrogen and oxygen atoms in total. The van der Waals surface area contributed by atoms with Crippen LogP contribution in [0.4, 0.5) is 5.95 Å². The van der Waals surface area contributed by atoms with E-state index in [4.69, 9.17) is 14.2 Å². The monoisotopic (exact) mass is 365 g/mol. The summed E-state index contributed by atoms with van der Waals surface area (Å²) in [5, 5.41) is 7.70. The molecule has 2 aromatic heterocycles. The molecule has 0 aliphatic carbocycles. The summed E-state index contributed by atoms with van der Waals surface area (Å²) in [5.41, 5.74) is 3.14. The van der Waals surface area contributed by atoms with Crippen molar-refractivity contribution in [2.75, 3.05) is 25.2 Å². The van der Waals surface area contributed by atoms with E-state index in [1.165, 1.54) is 0 Å². The van der Waals surface area contributed by atoms with Crippen molar-refractivity contribution >= 4 is 5.95 Å². The maximum atomic E-state index is 6.14. The third-order valence-corrected chi connectivity index (χ3v) is 4.89. The zero-order valence-electron chi connectivity index (χ0n) is 14.9. The molecule has 1 N–H and O–H groups in total. The largest absolute Gasteiger partial charge is 0.485 e. The first-order valence-corrected chi connectivity index (χ1v) is 8.88. The molecule has 2 aliphatic rings. The van der Waals surface area contributed by atoms with Crippen molar-refractivity contribution in [3.05, 3.63) is 53.5 Å². The third kappa shape index (κ3) is 2.83. The predicted molar refractivity (Wildman–Crippen MR) is 97.2 cm³/mol. The maximum absolute atomic E-state index is 6.14. The van der Waals surface area contributed by atoms with Gasteiger partial charge in [-0.1, -0.05) is 12.1 Å². The Kier molecular flexibility index (Phi) is 3.81. The smallest absolute Gasteiger partial charge is 0.228 e. The summed E-state index contributed by atoms with van der Waals surface area (Å²) in [6, 6.07) is 9.44. The van der Waals surface area contributed by atoms with Gasteiger partial charge >= 0.3 is 0 Å². The minimum atomic E-state index is -0.244. The molecule has 3 aromatic rings. The number of aromatic nitrogens is 4. The van der Waals surface area contributed by atoms with Crippen LogP contribution in [0.15, 0.2) is 36.5 Å². The van der Waals surface area contributed by atoms with Gasteiger partial charge in [0.15, 0.2) is 17.6 Å². The molecule has 1 aromatic carbocycles. The van der Waals surface area contributed by atoms with Crippen LogP contribution in [0, 0.1) is 0 Å². The molecule has 27 heavy (non-hydrogen) atoms. The summed E-state index contributed by atoms with van der Waals surface area (Å²) in [7, 11) is 1.60. The minimum Gasteiger partial charge on any atom is -0.485 e. The molecule has 0 saturated heterocycles. The van der Waals surface area contributed by atoms with Gasteiger partial charge < -0.3 is 19.1 Å². The van der Waals surface area contributed by atoms with Gasteiger partial charge in [0.2, 0.25) is 11.8 Å². The molecule has 0 amide bonds. The van der Waals surface area contributed by atoms with Gasteiger partial charge in [0.25, 0.3) is 0 Å². The number of para-hydroxylation sites is 2. The van der Waals surface area contributed by atoms with Crippen LogP contribution in [0.1, 0.15) is 23.1 Å². The zero-order chi connectivity index (χ0) is 18.2. The molecule has 0 saturated carbocycles. The number of fused-ring (bicyclic) bond motifs is 2. The number of nitrogens with one attached hydrogen (secondary N) is 1. The number of anilines is 1. The summed E-state index contributed by atoms with van der Waals surface area (Å²) in [5.74, 6) is 2.72. The SMILES string of the molecule is COc1ccnc(N2CCc3[nH]nc([C@H]4COc5ccccc5O4)c3C2)n1. The van der Waals surface area contributed by atoms with Crippen LogP contribution in [0.25, 0.3) is 0 Å². The van der Waals surface area contributed by atoms with Gasteiger partial charge in [-0.25, -0.2) is 4.98 Å². The van der Waals surface area contributed by atoms with E-state index in [9.17, 15) is 0 Å². The number of hydrogen-bond donors (Lipinski definition) is 1. The molecule has 5 rings (SSSR count). The fourth-order valence-corrected chi connectivity index (χ4v) is 3.51. The summed E-state index contributed by atoms with van der Waals surface area (Å²) >= 11 is 0. The van der Waals surface area contributed by atoms with Gasteiger partial charge in [-0.2, -0.15) is 10.1 Å². The van der Waals surface area contributed by atoms with E-state index in [1.54, 1.807) is 19.4 Å². The summed E-state index contributed by atoms with van der Waals surface area (Å²) in [6.45, 7) is 1.91. The van der Waals surface area contributed by atoms with Crippen LogP contribution in [0.5, 0.6) is 17.4 Å². The normalized spacial score (nSPS) is 18.1. The van der Waals surface area contributed by atoms with E-state index in [0.717, 1.165) is 41.4 Å². The van der Waals surface area contributed by atoms with Crippen molar-refractivity contribution in [3.8, 4) is 17.4 Å². The lowest BCUT2D eigenvalue weighted by Gasteiger charge is -2.29. The Balaban J connectivity index is 1.42. The topological polar surface area (TPSA) is 85.4 Å². The van der Waals surface area contributed by atoms with Crippen molar-refractivity contribution in [3.63, 3.8) is 0 Å². The van der Waals surface area contributed by atoms with E-state index in [-0.39, 0.29) is 6.10 Å². The van der Waals surface area contributed by atoms with Gasteiger partial charge in [-0.3, -0.25) is 5.10 Å². The summed E-state index contributed by atoms with van der Waals surface area (Å²) in [6.07, 6.45) is 2.31. The number of H-pyrrole nitrogens is 1. The minimum absolute atomic E-state index is 0.244. The highest BCUT2D eigenvalue weighted by molar-refractivity contribution is 5.44. The Morgan fingerprint density at radius 3 is 3.00 bits per heavy atom. The third-order valence-electron chi connectivity index (χ3n) is 4.89. The van der Waals surface area contributed by atoms with Crippen molar-refractivity contribution < 1.29 is 14.2 Å². The first-order valence-electron chi connectivity index (χ1n) is 8.88. The lowest BCUT2D eigenvalue weighted by molar-refractivity contribution is 0.0876. The van der Waals surface area contributed by atoms with Crippen LogP contribution >= 0.6 is 0 Å². The summed E-state index contributed by atoms with van der Waals surface area (Å²) in [4.78, 5) is 11.0. The Morgan fingerprint density at radius 1 is 1.22 bits per heavy atom. The summed E-state index contributed by atoms with van der Waals surface area (Å²) < 4.78 is 17.2. The highest BCUT2D eigenvalue weighted by atomic mass is 16.6. The predicted octanol–water partition coefficient (Wildman–Crippen LogP) is 2.28. The van der Waals surface area contributed by atoms with Crippen LogP contribution in [0.3, 0.4) is 0 Å². The number of hydrogen-bond acceptors (Lipinski definition) is 7. The number of methoxy groups -OCH3 is 1. The molecular formula is C19H19N5O3. The fraction of sp³-hybridized carbons (Fsp3) is 0.316. The molecular weight excluding hydrogens is 346 g/mol. The average Bonchev–Trinajstić information content (AvgIpc) is 3.16. The Hall–Kier alpha value is -3.29. The molecule has 0 bridgehead atoms. The zero-order valence-corrected chi connectivity index (χ0v) is 14.9. The second-order valence-electron chi connectivity index (χ2n) is 6.50. The maximum Gasteiger partial charge on any atom is 0.228 e. The van der Waals surface area contributed by atoms with Crippen LogP contribution in [-0.4, -0.2) is 40.4 Å². The van der Waals surface area contributed by atoms with E-state index in [0.29, 0.717) is 25.0 Å². The molecule has 0 unspecified atom stereocenters. The second kappa shape index (κ2) is 6.46. The number of aromatic amines is 1. The van der Waals surface area contributed by atoms with Crippen LogP contribution < -0.4 is 19.1 Å². The van der Waals surface area contributed by atoms with Crippen molar-refractivity contribution in [2.45, 2.75) is 19.1 Å². The molecule has 0 radical (unpaired) electrons. The van der Waals surface area contributed by atoms with Crippen molar-refractivity contribution in [1.29, 1.82) is 0 Å². The standard InChI is InChI=1S/C19H19N5O3/c1-25-17-6-8-20-19(21-17)24-9-7-13-12(10-24)18(23-22-13)16-11-26-14-4-2-3-5-15(14)27-16/h2-6,8,16H,7,9-11H2,1H3,(H,22,23)/t16-/m1/s1. The second-order valence-corrected chi connectivity index (χ2v) is 6.50. The first kappa shape index (κ1) is 15.9. The van der Waals surface area contributed by atoms with Gasteiger partial charge in [-0.05, 0) is 12.1 Å². The van der Waals surface area contributed by atoms with Gasteiger partial charge in [0.05, 0.1) is 7.11 Å². The molecule has 2 aliphatic heterocycles. The Labute approximate surface area is 156 Å². The molecule has 4 heterocycles. The number of rotatable bonds is 3. The van der Waals surface area contributed by atoms with E-state index in [1.807, 2.05) is 24.3 Å². The average molecular weight is 365 g/mol. The van der Waals surface area contributed by atoms with Gasteiger partial charge in [-0.15, -0.1) is 0 Å². The molecule has 1 atom stereocenters. The van der Waals surface area contributed by atoms with Crippen LogP contribution in [0.2, 0.25) is 0 Å². The van der Waals surface area contributed by atoms with Gasteiger partial charge in [0.1, 0.15) is 12.3 Å². The lowest BCUT2D eigenvalue weighted by Crippen LogP contribution is -2.33. The highest BCUT2D eigenvalue weighted by Gasteiger charge is 2.31. The highest BCUT2D eigenvalue weighted by Crippen LogP contribution is 2.37. The van der Waals surface area contributed by atoms with Gasteiger partial charge in [0, 0.05) is 43.0 Å². The Bertz CT molecular complexity index is 973. The first-order chi connectivity index (χ1) is 13.3. The van der Waals surface area contributed by atoms with Crippen molar-refractivity contribution in [1.82, 2.24) is 20.2 Å². The Morgan fingerprint density at radius 2 is 2.11 bits per heavy atom. The molecule has 0 fully saturated rings. The molecule has 0 spiro atoms. The number of benzene rings is 1. The fourth-order valence-electron chi connectivity index (χ4n) is 3.51.